The Morgan fingerprint density at radius 3 is 2.52 bits per heavy atom. The molecule has 23 heavy (non-hydrogen) atoms. The van der Waals surface area contributed by atoms with E-state index in [1.54, 1.807) is 32.2 Å². The highest BCUT2D eigenvalue weighted by molar-refractivity contribution is 7.98. The summed E-state index contributed by atoms with van der Waals surface area (Å²) in [5.74, 6) is 1.39. The minimum Gasteiger partial charge on any atom is -0.493 e. The van der Waals surface area contributed by atoms with Gasteiger partial charge in [0.2, 0.25) is 0 Å². The van der Waals surface area contributed by atoms with Crippen LogP contribution in [0.2, 0.25) is 0 Å². The Labute approximate surface area is 140 Å². The number of aromatic nitrogens is 2. The molecule has 0 saturated heterocycles. The standard InChI is InChI=1S/C18H18N2O2S/c1-21-17-8-7-14(12-18(17)22-2)20-16(9-10-19-20)13-5-4-6-15(11-13)23-3/h4-12H,1-3H3. The van der Waals surface area contributed by atoms with Gasteiger partial charge in [-0.15, -0.1) is 11.8 Å². The second-order valence-corrected chi connectivity index (χ2v) is 5.78. The molecule has 4 nitrogen and oxygen atoms in total. The third-order valence-electron chi connectivity index (χ3n) is 3.62. The number of rotatable bonds is 5. The van der Waals surface area contributed by atoms with Gasteiger partial charge >= 0.3 is 0 Å². The summed E-state index contributed by atoms with van der Waals surface area (Å²) in [6, 6.07) is 16.2. The molecule has 3 aromatic rings. The molecule has 0 aliphatic rings. The number of nitrogens with zero attached hydrogens (tertiary/aromatic N) is 2. The average molecular weight is 326 g/mol. The van der Waals surface area contributed by atoms with Crippen LogP contribution in [0.5, 0.6) is 11.5 Å². The van der Waals surface area contributed by atoms with Crippen LogP contribution < -0.4 is 9.47 Å². The summed E-state index contributed by atoms with van der Waals surface area (Å²) in [7, 11) is 3.26. The molecule has 0 spiro atoms. The number of ether oxygens (including phenoxy) is 2. The van der Waals surface area contributed by atoms with Crippen LogP contribution in [0.1, 0.15) is 0 Å². The Balaban J connectivity index is 2.07. The van der Waals surface area contributed by atoms with Crippen molar-refractivity contribution in [2.45, 2.75) is 4.90 Å². The third kappa shape index (κ3) is 3.05. The Bertz CT molecular complexity index is 814. The van der Waals surface area contributed by atoms with Crippen molar-refractivity contribution in [3.8, 4) is 28.4 Å². The van der Waals surface area contributed by atoms with E-state index in [-0.39, 0.29) is 0 Å². The lowest BCUT2D eigenvalue weighted by Gasteiger charge is -2.12. The van der Waals surface area contributed by atoms with E-state index >= 15 is 0 Å². The van der Waals surface area contributed by atoms with Crippen molar-refractivity contribution in [2.24, 2.45) is 0 Å². The highest BCUT2D eigenvalue weighted by Crippen LogP contribution is 2.31. The largest absolute Gasteiger partial charge is 0.493 e. The molecule has 0 amide bonds. The summed E-state index contributed by atoms with van der Waals surface area (Å²) in [5, 5.41) is 4.46. The monoisotopic (exact) mass is 326 g/mol. The second kappa shape index (κ2) is 6.79. The third-order valence-corrected chi connectivity index (χ3v) is 4.35. The highest BCUT2D eigenvalue weighted by atomic mass is 32.2. The number of benzene rings is 2. The van der Waals surface area contributed by atoms with Crippen molar-refractivity contribution in [1.29, 1.82) is 0 Å². The maximum atomic E-state index is 5.39. The molecule has 0 atom stereocenters. The summed E-state index contributed by atoms with van der Waals surface area (Å²) >= 11 is 1.73. The Morgan fingerprint density at radius 1 is 0.957 bits per heavy atom. The fourth-order valence-electron chi connectivity index (χ4n) is 2.47. The Morgan fingerprint density at radius 2 is 1.78 bits per heavy atom. The minimum absolute atomic E-state index is 0.685. The maximum Gasteiger partial charge on any atom is 0.162 e. The number of methoxy groups -OCH3 is 2. The molecule has 1 aromatic heterocycles. The summed E-state index contributed by atoms with van der Waals surface area (Å²) in [5.41, 5.74) is 3.09. The first-order chi connectivity index (χ1) is 11.3. The van der Waals surface area contributed by atoms with Crippen molar-refractivity contribution in [1.82, 2.24) is 9.78 Å². The van der Waals surface area contributed by atoms with Gasteiger partial charge < -0.3 is 9.47 Å². The molecule has 0 radical (unpaired) electrons. The van der Waals surface area contributed by atoms with Gasteiger partial charge in [-0.25, -0.2) is 4.68 Å². The molecule has 0 unspecified atom stereocenters. The molecule has 0 N–H and O–H groups in total. The van der Waals surface area contributed by atoms with E-state index in [4.69, 9.17) is 9.47 Å². The van der Waals surface area contributed by atoms with Gasteiger partial charge in [0.1, 0.15) is 0 Å². The van der Waals surface area contributed by atoms with Crippen LogP contribution in [0, 0.1) is 0 Å². The number of thioether (sulfide) groups is 1. The summed E-state index contributed by atoms with van der Waals surface area (Å²) in [6.45, 7) is 0. The van der Waals surface area contributed by atoms with Gasteiger partial charge in [-0.2, -0.15) is 5.10 Å². The van der Waals surface area contributed by atoms with Crippen LogP contribution in [0.3, 0.4) is 0 Å². The predicted octanol–water partition coefficient (Wildman–Crippen LogP) is 4.28. The molecular weight excluding hydrogens is 308 g/mol. The van der Waals surface area contributed by atoms with Crippen LogP contribution in [0.4, 0.5) is 0 Å². The summed E-state index contributed by atoms with van der Waals surface area (Å²) in [6.07, 6.45) is 3.88. The van der Waals surface area contributed by atoms with E-state index in [2.05, 4.69) is 35.6 Å². The first-order valence-electron chi connectivity index (χ1n) is 7.17. The molecule has 0 bridgehead atoms. The van der Waals surface area contributed by atoms with Gasteiger partial charge in [-0.05, 0) is 36.6 Å². The molecular formula is C18H18N2O2S. The highest BCUT2D eigenvalue weighted by Gasteiger charge is 2.11. The van der Waals surface area contributed by atoms with E-state index in [1.165, 1.54) is 4.90 Å². The quantitative estimate of drug-likeness (QED) is 0.656. The van der Waals surface area contributed by atoms with Crippen LogP contribution >= 0.6 is 11.8 Å². The van der Waals surface area contributed by atoms with Crippen molar-refractivity contribution < 1.29 is 9.47 Å². The van der Waals surface area contributed by atoms with Crippen molar-refractivity contribution >= 4 is 11.8 Å². The normalized spacial score (nSPS) is 10.6. The topological polar surface area (TPSA) is 36.3 Å². The number of hydrogen-bond donors (Lipinski definition) is 0. The van der Waals surface area contributed by atoms with Crippen LogP contribution in [-0.2, 0) is 0 Å². The van der Waals surface area contributed by atoms with Crippen molar-refractivity contribution in [3.05, 3.63) is 54.7 Å². The molecule has 1 heterocycles. The molecule has 3 rings (SSSR count). The first-order valence-corrected chi connectivity index (χ1v) is 8.40. The maximum absolute atomic E-state index is 5.39. The van der Waals surface area contributed by atoms with Crippen LogP contribution in [0.15, 0.2) is 59.6 Å². The van der Waals surface area contributed by atoms with Crippen molar-refractivity contribution in [3.63, 3.8) is 0 Å². The lowest BCUT2D eigenvalue weighted by Crippen LogP contribution is -2.00. The lowest BCUT2D eigenvalue weighted by molar-refractivity contribution is 0.355. The molecule has 118 valence electrons. The fraction of sp³-hybridized carbons (Fsp3) is 0.167. The molecule has 0 aliphatic heterocycles. The van der Waals surface area contributed by atoms with Gasteiger partial charge in [-0.3, -0.25) is 0 Å². The smallest absolute Gasteiger partial charge is 0.162 e. The van der Waals surface area contributed by atoms with E-state index in [9.17, 15) is 0 Å². The zero-order valence-corrected chi connectivity index (χ0v) is 14.1. The van der Waals surface area contributed by atoms with Gasteiger partial charge in [-0.1, -0.05) is 12.1 Å². The van der Waals surface area contributed by atoms with Gasteiger partial charge in [0.25, 0.3) is 0 Å². The summed E-state index contributed by atoms with van der Waals surface area (Å²) < 4.78 is 12.6. The molecule has 0 saturated carbocycles. The second-order valence-electron chi connectivity index (χ2n) is 4.90. The zero-order valence-electron chi connectivity index (χ0n) is 13.3. The first kappa shape index (κ1) is 15.5. The molecule has 2 aromatic carbocycles. The lowest BCUT2D eigenvalue weighted by atomic mass is 10.1. The van der Waals surface area contributed by atoms with Gasteiger partial charge in [0.05, 0.1) is 31.8 Å². The number of hydrogen-bond acceptors (Lipinski definition) is 4. The predicted molar refractivity (Wildman–Crippen MR) is 93.9 cm³/mol. The zero-order chi connectivity index (χ0) is 16.2. The Hall–Kier alpha value is -2.40. The van der Waals surface area contributed by atoms with E-state index in [1.807, 2.05) is 28.9 Å². The SMILES string of the molecule is COc1ccc(-n2nccc2-c2cccc(SC)c2)cc1OC. The van der Waals surface area contributed by atoms with Crippen LogP contribution in [0.25, 0.3) is 16.9 Å². The minimum atomic E-state index is 0.685. The van der Waals surface area contributed by atoms with Gasteiger partial charge in [0.15, 0.2) is 11.5 Å². The van der Waals surface area contributed by atoms with Crippen molar-refractivity contribution in [2.75, 3.05) is 20.5 Å². The average Bonchev–Trinajstić information content (AvgIpc) is 3.10. The van der Waals surface area contributed by atoms with Gasteiger partial charge in [0, 0.05) is 16.5 Å². The van der Waals surface area contributed by atoms with E-state index < -0.39 is 0 Å². The van der Waals surface area contributed by atoms with E-state index in [0.29, 0.717) is 11.5 Å². The Kier molecular flexibility index (Phi) is 4.57. The fourth-order valence-corrected chi connectivity index (χ4v) is 2.93. The molecule has 0 aliphatic carbocycles. The molecule has 5 heteroatoms. The molecule has 0 fully saturated rings. The van der Waals surface area contributed by atoms with E-state index in [0.717, 1.165) is 16.9 Å². The summed E-state index contributed by atoms with van der Waals surface area (Å²) in [4.78, 5) is 1.22. The van der Waals surface area contributed by atoms with Crippen LogP contribution in [-0.4, -0.2) is 30.3 Å².